The van der Waals surface area contributed by atoms with Crippen LogP contribution in [0, 0.1) is 6.92 Å². The summed E-state index contributed by atoms with van der Waals surface area (Å²) in [5.41, 5.74) is 2.89. The number of nitrogens with zero attached hydrogens (tertiary/aromatic N) is 2. The van der Waals surface area contributed by atoms with Crippen LogP contribution in [0.4, 0.5) is 16.5 Å². The normalized spacial score (nSPS) is 10.4. The molecule has 8 heteroatoms. The molecule has 0 unspecified atom stereocenters. The molecule has 2 aromatic carbocycles. The number of carbonyl (C=O) groups excluding carboxylic acids is 1. The second kappa shape index (κ2) is 8.68. The molecule has 1 heterocycles. The number of hydrogen-bond donors (Lipinski definition) is 2. The van der Waals surface area contributed by atoms with E-state index in [4.69, 9.17) is 4.74 Å². The molecule has 0 bridgehead atoms. The van der Waals surface area contributed by atoms with Crippen molar-refractivity contribution in [2.75, 3.05) is 23.5 Å². The number of nitrogens with one attached hydrogen (secondary N) is 2. The Morgan fingerprint density at radius 3 is 2.46 bits per heavy atom. The minimum atomic E-state index is -0.0941. The number of rotatable bonds is 7. The van der Waals surface area contributed by atoms with E-state index in [9.17, 15) is 4.79 Å². The van der Waals surface area contributed by atoms with Crippen molar-refractivity contribution in [2.24, 2.45) is 0 Å². The molecule has 0 saturated heterocycles. The van der Waals surface area contributed by atoms with Crippen LogP contribution < -0.4 is 15.4 Å². The minimum Gasteiger partial charge on any atom is -0.497 e. The standard InChI is InChI=1S/C18H18N4O2S2/c1-12-3-5-14(6-4-12)20-17-21-22-18(26-17)25-11-16(23)19-13-7-9-15(24-2)10-8-13/h3-10H,11H2,1-2H3,(H,19,23)(H,20,21). The van der Waals surface area contributed by atoms with Gasteiger partial charge < -0.3 is 15.4 Å². The first-order chi connectivity index (χ1) is 12.6. The molecule has 0 saturated carbocycles. The second-order valence-electron chi connectivity index (χ2n) is 5.43. The fourth-order valence-corrected chi connectivity index (χ4v) is 3.65. The zero-order valence-corrected chi connectivity index (χ0v) is 16.0. The summed E-state index contributed by atoms with van der Waals surface area (Å²) >= 11 is 2.78. The highest BCUT2D eigenvalue weighted by Crippen LogP contribution is 2.28. The van der Waals surface area contributed by atoms with Gasteiger partial charge in [0.15, 0.2) is 4.34 Å². The quantitative estimate of drug-likeness (QED) is 0.589. The Morgan fingerprint density at radius 2 is 1.77 bits per heavy atom. The van der Waals surface area contributed by atoms with Gasteiger partial charge in [0.25, 0.3) is 0 Å². The smallest absolute Gasteiger partial charge is 0.234 e. The van der Waals surface area contributed by atoms with Crippen LogP contribution in [0.5, 0.6) is 5.75 Å². The maximum atomic E-state index is 12.0. The van der Waals surface area contributed by atoms with Crippen LogP contribution in [0.15, 0.2) is 52.9 Å². The highest BCUT2D eigenvalue weighted by molar-refractivity contribution is 8.01. The minimum absolute atomic E-state index is 0.0941. The maximum Gasteiger partial charge on any atom is 0.234 e. The highest BCUT2D eigenvalue weighted by atomic mass is 32.2. The van der Waals surface area contributed by atoms with Crippen molar-refractivity contribution in [3.63, 3.8) is 0 Å². The lowest BCUT2D eigenvalue weighted by Gasteiger charge is -2.05. The zero-order chi connectivity index (χ0) is 18.4. The van der Waals surface area contributed by atoms with Crippen molar-refractivity contribution in [2.45, 2.75) is 11.3 Å². The summed E-state index contributed by atoms with van der Waals surface area (Å²) in [7, 11) is 1.61. The predicted molar refractivity (Wildman–Crippen MR) is 107 cm³/mol. The third-order valence-electron chi connectivity index (χ3n) is 3.41. The van der Waals surface area contributed by atoms with Crippen molar-refractivity contribution in [1.82, 2.24) is 10.2 Å². The predicted octanol–water partition coefficient (Wildman–Crippen LogP) is 4.33. The first-order valence-corrected chi connectivity index (χ1v) is 9.66. The second-order valence-corrected chi connectivity index (χ2v) is 7.63. The molecular formula is C18H18N4O2S2. The van der Waals surface area contributed by atoms with Crippen molar-refractivity contribution in [3.8, 4) is 5.75 Å². The van der Waals surface area contributed by atoms with E-state index < -0.39 is 0 Å². The number of amides is 1. The fraction of sp³-hybridized carbons (Fsp3) is 0.167. The average Bonchev–Trinajstić information content (AvgIpc) is 3.10. The van der Waals surface area contributed by atoms with Crippen LogP contribution in [0.1, 0.15) is 5.56 Å². The Hall–Kier alpha value is -2.58. The van der Waals surface area contributed by atoms with Gasteiger partial charge in [-0.1, -0.05) is 40.8 Å². The molecule has 2 N–H and O–H groups in total. The molecule has 1 amide bonds. The molecular weight excluding hydrogens is 368 g/mol. The monoisotopic (exact) mass is 386 g/mol. The van der Waals surface area contributed by atoms with Gasteiger partial charge in [-0.3, -0.25) is 4.79 Å². The zero-order valence-electron chi connectivity index (χ0n) is 14.4. The first kappa shape index (κ1) is 18.2. The van der Waals surface area contributed by atoms with E-state index in [1.807, 2.05) is 31.2 Å². The number of hydrogen-bond acceptors (Lipinski definition) is 7. The average molecular weight is 387 g/mol. The van der Waals surface area contributed by atoms with E-state index in [-0.39, 0.29) is 11.7 Å². The van der Waals surface area contributed by atoms with Crippen molar-refractivity contribution in [3.05, 3.63) is 54.1 Å². The molecule has 0 aliphatic carbocycles. The molecule has 0 radical (unpaired) electrons. The van der Waals surface area contributed by atoms with Crippen molar-refractivity contribution in [1.29, 1.82) is 0 Å². The van der Waals surface area contributed by atoms with E-state index in [2.05, 4.69) is 20.8 Å². The number of anilines is 3. The van der Waals surface area contributed by atoms with Gasteiger partial charge in [0.1, 0.15) is 5.75 Å². The summed E-state index contributed by atoms with van der Waals surface area (Å²) in [6.07, 6.45) is 0. The summed E-state index contributed by atoms with van der Waals surface area (Å²) < 4.78 is 5.83. The summed E-state index contributed by atoms with van der Waals surface area (Å²) in [5.74, 6) is 0.925. The molecule has 0 fully saturated rings. The van der Waals surface area contributed by atoms with Crippen molar-refractivity contribution < 1.29 is 9.53 Å². The summed E-state index contributed by atoms with van der Waals surface area (Å²) in [4.78, 5) is 12.0. The molecule has 1 aromatic heterocycles. The fourth-order valence-electron chi connectivity index (χ4n) is 2.08. The molecule has 3 aromatic rings. The molecule has 0 aliphatic heterocycles. The number of benzene rings is 2. The Labute approximate surface area is 160 Å². The third kappa shape index (κ3) is 5.21. The van der Waals surface area contributed by atoms with E-state index >= 15 is 0 Å². The van der Waals surface area contributed by atoms with Crippen LogP contribution in [0.25, 0.3) is 0 Å². The molecule has 3 rings (SSSR count). The van der Waals surface area contributed by atoms with Gasteiger partial charge in [-0.25, -0.2) is 0 Å². The van der Waals surface area contributed by atoms with E-state index in [0.717, 1.165) is 21.5 Å². The molecule has 0 spiro atoms. The number of thioether (sulfide) groups is 1. The van der Waals surface area contributed by atoms with Gasteiger partial charge in [-0.2, -0.15) is 0 Å². The van der Waals surface area contributed by atoms with E-state index in [1.165, 1.54) is 28.7 Å². The van der Waals surface area contributed by atoms with Crippen LogP contribution in [-0.2, 0) is 4.79 Å². The lowest BCUT2D eigenvalue weighted by atomic mass is 10.2. The molecule has 134 valence electrons. The lowest BCUT2D eigenvalue weighted by molar-refractivity contribution is -0.113. The Morgan fingerprint density at radius 1 is 1.08 bits per heavy atom. The Kier molecular flexibility index (Phi) is 6.08. The summed E-state index contributed by atoms with van der Waals surface area (Å²) in [5, 5.41) is 15.0. The van der Waals surface area contributed by atoms with Crippen LogP contribution in [-0.4, -0.2) is 29.0 Å². The molecule has 0 aliphatic rings. The molecule has 0 atom stereocenters. The van der Waals surface area contributed by atoms with Gasteiger partial charge in [-0.05, 0) is 43.3 Å². The summed E-state index contributed by atoms with van der Waals surface area (Å²) in [6.45, 7) is 2.04. The lowest BCUT2D eigenvalue weighted by Crippen LogP contribution is -2.13. The number of ether oxygens (including phenoxy) is 1. The van der Waals surface area contributed by atoms with Crippen molar-refractivity contribution >= 4 is 45.5 Å². The van der Waals surface area contributed by atoms with Crippen LogP contribution in [0.2, 0.25) is 0 Å². The summed E-state index contributed by atoms with van der Waals surface area (Å²) in [6, 6.07) is 15.3. The van der Waals surface area contributed by atoms with Crippen LogP contribution >= 0.6 is 23.1 Å². The van der Waals surface area contributed by atoms with Gasteiger partial charge in [-0.15, -0.1) is 10.2 Å². The number of aromatic nitrogens is 2. The number of carbonyl (C=O) groups is 1. The molecule has 6 nitrogen and oxygen atoms in total. The SMILES string of the molecule is COc1ccc(NC(=O)CSc2nnc(Nc3ccc(C)cc3)s2)cc1. The van der Waals surface area contributed by atoms with Gasteiger partial charge in [0.05, 0.1) is 12.9 Å². The number of methoxy groups -OCH3 is 1. The first-order valence-electron chi connectivity index (χ1n) is 7.86. The maximum absolute atomic E-state index is 12.0. The largest absolute Gasteiger partial charge is 0.497 e. The van der Waals surface area contributed by atoms with Gasteiger partial charge >= 0.3 is 0 Å². The van der Waals surface area contributed by atoms with Crippen LogP contribution in [0.3, 0.4) is 0 Å². The number of aryl methyl sites for hydroxylation is 1. The van der Waals surface area contributed by atoms with E-state index in [1.54, 1.807) is 31.4 Å². The Bertz CT molecular complexity index is 864. The third-order valence-corrected chi connectivity index (χ3v) is 5.38. The molecule has 26 heavy (non-hydrogen) atoms. The van der Waals surface area contributed by atoms with E-state index in [0.29, 0.717) is 5.13 Å². The van der Waals surface area contributed by atoms with Gasteiger partial charge in [0, 0.05) is 11.4 Å². The van der Waals surface area contributed by atoms with Gasteiger partial charge in [0.2, 0.25) is 11.0 Å². The highest BCUT2D eigenvalue weighted by Gasteiger charge is 2.09. The topological polar surface area (TPSA) is 76.1 Å². The Balaban J connectivity index is 1.49.